The molecule has 0 aromatic heterocycles. The molecule has 0 spiro atoms. The molecule has 5 N–H and O–H groups in total. The van der Waals surface area contributed by atoms with Crippen molar-refractivity contribution in [2.24, 2.45) is 10.8 Å². The van der Waals surface area contributed by atoms with Crippen LogP contribution in [0.1, 0.15) is 15.9 Å². The van der Waals surface area contributed by atoms with E-state index in [1.165, 1.54) is 24.3 Å². The average Bonchev–Trinajstić information content (AvgIpc) is 2.28. The molecule has 0 atom stereocenters. The molecule has 0 radical (unpaired) electrons. The number of carbonyl (C=O) groups excluding carboxylic acids is 1. The van der Waals surface area contributed by atoms with Crippen molar-refractivity contribution >= 4 is 23.7 Å². The minimum Gasteiger partial charge on any atom is -0.478 e. The summed E-state index contributed by atoms with van der Waals surface area (Å²) in [6, 6.07) is 4.32. The first-order chi connectivity index (χ1) is 8.43. The summed E-state index contributed by atoms with van der Waals surface area (Å²) in [5.41, 5.74) is 5.50. The molecular formula is C10H9N3O5. The molecule has 1 aromatic carbocycles. The number of carboxylic acid groups (broad SMARTS) is 2. The van der Waals surface area contributed by atoms with Gasteiger partial charge in [-0.15, -0.1) is 0 Å². The lowest BCUT2D eigenvalue weighted by molar-refractivity contribution is -0.129. The van der Waals surface area contributed by atoms with Gasteiger partial charge in [-0.05, 0) is 6.07 Å². The number of hydrogen-bond acceptors (Lipinski definition) is 4. The Morgan fingerprint density at radius 3 is 2.11 bits per heavy atom. The molecule has 8 nitrogen and oxygen atoms in total. The van der Waals surface area contributed by atoms with Gasteiger partial charge in [0.15, 0.2) is 5.71 Å². The van der Waals surface area contributed by atoms with E-state index in [2.05, 4.69) is 5.10 Å². The summed E-state index contributed by atoms with van der Waals surface area (Å²) >= 11 is 0. The molecule has 0 unspecified atom stereocenters. The van der Waals surface area contributed by atoms with Crippen LogP contribution in [-0.2, 0) is 4.79 Å². The summed E-state index contributed by atoms with van der Waals surface area (Å²) in [7, 11) is 0. The van der Waals surface area contributed by atoms with Crippen molar-refractivity contribution in [3.05, 3.63) is 35.4 Å². The number of nitrogens with one attached hydrogen (secondary N) is 1. The van der Waals surface area contributed by atoms with Gasteiger partial charge in [0, 0.05) is 5.56 Å². The third-order valence-corrected chi connectivity index (χ3v) is 1.89. The SMILES string of the molecule is NC(=O)N/N=C(\C(=O)O)c1ccccc1C(=O)O. The first kappa shape index (κ1) is 13.2. The van der Waals surface area contributed by atoms with Crippen molar-refractivity contribution in [3.8, 4) is 0 Å². The monoisotopic (exact) mass is 251 g/mol. The first-order valence-corrected chi connectivity index (χ1v) is 4.62. The maximum atomic E-state index is 11.0. The maximum Gasteiger partial charge on any atom is 0.356 e. The Kier molecular flexibility index (Phi) is 3.98. The molecule has 0 aliphatic rings. The van der Waals surface area contributed by atoms with Crippen LogP contribution in [0.15, 0.2) is 29.4 Å². The van der Waals surface area contributed by atoms with Gasteiger partial charge in [-0.1, -0.05) is 18.2 Å². The summed E-state index contributed by atoms with van der Waals surface area (Å²) in [6.45, 7) is 0. The van der Waals surface area contributed by atoms with Crippen molar-refractivity contribution in [1.82, 2.24) is 5.43 Å². The van der Waals surface area contributed by atoms with E-state index in [4.69, 9.17) is 15.9 Å². The Labute approximate surface area is 101 Å². The Bertz CT molecular complexity index is 538. The number of hydrazone groups is 1. The zero-order chi connectivity index (χ0) is 13.7. The van der Waals surface area contributed by atoms with Crippen LogP contribution in [0, 0.1) is 0 Å². The number of aliphatic carboxylic acids is 1. The fourth-order valence-corrected chi connectivity index (χ4v) is 1.21. The number of amides is 2. The molecule has 0 saturated heterocycles. The van der Waals surface area contributed by atoms with Crippen LogP contribution in [0.3, 0.4) is 0 Å². The van der Waals surface area contributed by atoms with Gasteiger partial charge in [-0.25, -0.2) is 19.8 Å². The summed E-state index contributed by atoms with van der Waals surface area (Å²) in [5.74, 6) is -2.80. The molecule has 2 amide bonds. The largest absolute Gasteiger partial charge is 0.478 e. The summed E-state index contributed by atoms with van der Waals surface area (Å²) in [6.07, 6.45) is 0. The average molecular weight is 251 g/mol. The first-order valence-electron chi connectivity index (χ1n) is 4.62. The Hall–Kier alpha value is -2.90. The smallest absolute Gasteiger partial charge is 0.356 e. The molecule has 18 heavy (non-hydrogen) atoms. The maximum absolute atomic E-state index is 11.0. The van der Waals surface area contributed by atoms with E-state index >= 15 is 0 Å². The number of nitrogens with zero attached hydrogens (tertiary/aromatic N) is 1. The predicted octanol–water partition coefficient (Wildman–Crippen LogP) is -0.158. The van der Waals surface area contributed by atoms with Crippen LogP contribution in [-0.4, -0.2) is 33.9 Å². The molecule has 0 bridgehead atoms. The lowest BCUT2D eigenvalue weighted by Gasteiger charge is -2.05. The van der Waals surface area contributed by atoms with E-state index in [1.54, 1.807) is 5.43 Å². The van der Waals surface area contributed by atoms with E-state index in [9.17, 15) is 14.4 Å². The number of urea groups is 1. The van der Waals surface area contributed by atoms with Gasteiger partial charge in [-0.3, -0.25) is 0 Å². The van der Waals surface area contributed by atoms with Crippen LogP contribution in [0.2, 0.25) is 0 Å². The number of aromatic carboxylic acids is 1. The quantitative estimate of drug-likeness (QED) is 0.434. The molecule has 0 aliphatic heterocycles. The van der Waals surface area contributed by atoms with Crippen LogP contribution >= 0.6 is 0 Å². The second-order valence-corrected chi connectivity index (χ2v) is 3.09. The third kappa shape index (κ3) is 3.04. The van der Waals surface area contributed by atoms with Gasteiger partial charge in [0.25, 0.3) is 0 Å². The minimum atomic E-state index is -1.49. The van der Waals surface area contributed by atoms with E-state index in [-0.39, 0.29) is 11.1 Å². The highest BCUT2D eigenvalue weighted by atomic mass is 16.4. The van der Waals surface area contributed by atoms with Crippen molar-refractivity contribution in [3.63, 3.8) is 0 Å². The van der Waals surface area contributed by atoms with Crippen LogP contribution in [0.5, 0.6) is 0 Å². The van der Waals surface area contributed by atoms with E-state index in [0.717, 1.165) is 0 Å². The Balaban J connectivity index is 3.30. The molecule has 1 rings (SSSR count). The highest BCUT2D eigenvalue weighted by molar-refractivity contribution is 6.43. The highest BCUT2D eigenvalue weighted by Crippen LogP contribution is 2.10. The Morgan fingerprint density at radius 1 is 1.11 bits per heavy atom. The fourth-order valence-electron chi connectivity index (χ4n) is 1.21. The molecule has 94 valence electrons. The zero-order valence-corrected chi connectivity index (χ0v) is 8.95. The van der Waals surface area contributed by atoms with Gasteiger partial charge in [0.2, 0.25) is 0 Å². The molecule has 0 saturated carbocycles. The number of hydrogen-bond donors (Lipinski definition) is 4. The predicted molar refractivity (Wildman–Crippen MR) is 60.3 cm³/mol. The third-order valence-electron chi connectivity index (χ3n) is 1.89. The number of carbonyl (C=O) groups is 3. The molecule has 1 aromatic rings. The topological polar surface area (TPSA) is 142 Å². The van der Waals surface area contributed by atoms with Crippen LogP contribution < -0.4 is 11.2 Å². The molecular weight excluding hydrogens is 242 g/mol. The Morgan fingerprint density at radius 2 is 1.67 bits per heavy atom. The number of carboxylic acids is 2. The van der Waals surface area contributed by atoms with Crippen molar-refractivity contribution in [1.29, 1.82) is 0 Å². The second kappa shape index (κ2) is 5.43. The second-order valence-electron chi connectivity index (χ2n) is 3.09. The fraction of sp³-hybridized carbons (Fsp3) is 0. The molecule has 0 fully saturated rings. The van der Waals surface area contributed by atoms with Crippen LogP contribution in [0.4, 0.5) is 4.79 Å². The van der Waals surface area contributed by atoms with Crippen molar-refractivity contribution in [2.75, 3.05) is 0 Å². The number of benzene rings is 1. The number of rotatable bonds is 4. The zero-order valence-electron chi connectivity index (χ0n) is 8.95. The normalized spacial score (nSPS) is 10.8. The highest BCUT2D eigenvalue weighted by Gasteiger charge is 2.20. The van der Waals surface area contributed by atoms with Gasteiger partial charge in [0.05, 0.1) is 5.56 Å². The minimum absolute atomic E-state index is 0.133. The number of nitrogens with two attached hydrogens (primary N) is 1. The van der Waals surface area contributed by atoms with E-state index in [1.807, 2.05) is 0 Å². The van der Waals surface area contributed by atoms with Crippen LogP contribution in [0.25, 0.3) is 0 Å². The lowest BCUT2D eigenvalue weighted by atomic mass is 10.0. The van der Waals surface area contributed by atoms with Gasteiger partial charge < -0.3 is 15.9 Å². The van der Waals surface area contributed by atoms with Gasteiger partial charge in [-0.2, -0.15) is 5.10 Å². The standard InChI is InChI=1S/C10H9N3O5/c11-10(18)13-12-7(9(16)17)5-3-1-2-4-6(5)8(14)15/h1-4H,(H,14,15)(H,16,17)(H3,11,13,18)/b12-7-. The molecule has 0 heterocycles. The van der Waals surface area contributed by atoms with Crippen molar-refractivity contribution < 1.29 is 24.6 Å². The van der Waals surface area contributed by atoms with E-state index < -0.39 is 23.7 Å². The summed E-state index contributed by atoms with van der Waals surface area (Å²) in [5, 5.41) is 21.1. The van der Waals surface area contributed by atoms with E-state index in [0.29, 0.717) is 0 Å². The number of primary amides is 1. The molecule has 8 heteroatoms. The lowest BCUT2D eigenvalue weighted by Crippen LogP contribution is -2.29. The summed E-state index contributed by atoms with van der Waals surface area (Å²) in [4.78, 5) is 32.4. The van der Waals surface area contributed by atoms with Gasteiger partial charge >= 0.3 is 18.0 Å². The van der Waals surface area contributed by atoms with Gasteiger partial charge in [0.1, 0.15) is 0 Å². The molecule has 0 aliphatic carbocycles. The van der Waals surface area contributed by atoms with Crippen molar-refractivity contribution in [2.45, 2.75) is 0 Å². The summed E-state index contributed by atoms with van der Waals surface area (Å²) < 4.78 is 0.